The molecule has 5 rings (SSSR count). The van der Waals surface area contributed by atoms with Crippen LogP contribution >= 0.6 is 11.3 Å². The highest BCUT2D eigenvalue weighted by Gasteiger charge is 2.29. The smallest absolute Gasteiger partial charge is 0.273 e. The van der Waals surface area contributed by atoms with Gasteiger partial charge in [-0.05, 0) is 66.6 Å². The highest BCUT2D eigenvalue weighted by molar-refractivity contribution is 7.17. The molecule has 4 aromatic rings. The van der Waals surface area contributed by atoms with Crippen LogP contribution in [0.3, 0.4) is 0 Å². The van der Waals surface area contributed by atoms with Crippen molar-refractivity contribution in [1.29, 1.82) is 0 Å². The van der Waals surface area contributed by atoms with Crippen LogP contribution in [0.15, 0.2) is 58.7 Å². The molecule has 1 aliphatic heterocycles. The first-order valence-electron chi connectivity index (χ1n) is 11.4. The summed E-state index contributed by atoms with van der Waals surface area (Å²) in [5, 5.41) is 4.65. The first-order valence-corrected chi connectivity index (χ1v) is 12.3. The van der Waals surface area contributed by atoms with Crippen LogP contribution in [-0.4, -0.2) is 28.5 Å². The molecule has 1 atom stereocenters. The zero-order valence-electron chi connectivity index (χ0n) is 19.1. The van der Waals surface area contributed by atoms with Crippen molar-refractivity contribution in [2.24, 2.45) is 5.92 Å². The minimum Gasteiger partial charge on any atom is -0.341 e. The minimum atomic E-state index is -0.369. The molecule has 0 radical (unpaired) electrons. The maximum absolute atomic E-state index is 13.9. The monoisotopic (exact) mass is 494 g/mol. The molecule has 0 bridgehead atoms. The van der Waals surface area contributed by atoms with E-state index < -0.39 is 0 Å². The van der Waals surface area contributed by atoms with Gasteiger partial charge in [-0.2, -0.15) is 0 Å². The van der Waals surface area contributed by atoms with E-state index in [4.69, 9.17) is 4.98 Å². The number of piperidine rings is 1. The fraction of sp³-hybridized carbons (Fsp3) is 0.269. The lowest BCUT2D eigenvalue weighted by atomic mass is 9.97. The number of hydrogen-bond donors (Lipinski definition) is 1. The normalized spacial score (nSPS) is 16.0. The second-order valence-electron chi connectivity index (χ2n) is 8.80. The predicted molar refractivity (Wildman–Crippen MR) is 134 cm³/mol. The summed E-state index contributed by atoms with van der Waals surface area (Å²) < 4.78 is 29.5. The molecule has 6 nitrogen and oxygen atoms in total. The van der Waals surface area contributed by atoms with Crippen LogP contribution in [0.25, 0.3) is 10.2 Å². The lowest BCUT2D eigenvalue weighted by molar-refractivity contribution is -0.120. The number of nitrogens with one attached hydrogen (secondary N) is 1. The number of carbonyl (C=O) groups excluding carboxylic acids is 1. The molecule has 1 N–H and O–H groups in total. The van der Waals surface area contributed by atoms with Crippen LogP contribution in [0, 0.1) is 24.5 Å². The van der Waals surface area contributed by atoms with Gasteiger partial charge in [-0.3, -0.25) is 14.2 Å². The first kappa shape index (κ1) is 23.2. The van der Waals surface area contributed by atoms with E-state index >= 15 is 0 Å². The molecule has 1 unspecified atom stereocenters. The third kappa shape index (κ3) is 4.81. The molecule has 1 saturated heterocycles. The second kappa shape index (κ2) is 9.58. The van der Waals surface area contributed by atoms with Crippen molar-refractivity contribution in [3.8, 4) is 0 Å². The Hall–Kier alpha value is -3.59. The number of fused-ring (bicyclic) bond motifs is 1. The fourth-order valence-corrected chi connectivity index (χ4v) is 5.15. The average Bonchev–Trinajstić information content (AvgIpc) is 3.33. The third-order valence-corrected chi connectivity index (χ3v) is 7.21. The Morgan fingerprint density at radius 1 is 1.17 bits per heavy atom. The molecule has 1 amide bonds. The minimum absolute atomic E-state index is 0.161. The van der Waals surface area contributed by atoms with Gasteiger partial charge in [0.05, 0.1) is 18.0 Å². The Kier molecular flexibility index (Phi) is 6.34. The number of hydrogen-bond acceptors (Lipinski definition) is 5. The molecular weight excluding hydrogens is 470 g/mol. The van der Waals surface area contributed by atoms with Gasteiger partial charge in [0.25, 0.3) is 5.56 Å². The number of carbonyl (C=O) groups is 1. The number of thiophene rings is 1. The first-order chi connectivity index (χ1) is 16.9. The van der Waals surface area contributed by atoms with Crippen molar-refractivity contribution >= 4 is 39.1 Å². The van der Waals surface area contributed by atoms with E-state index in [-0.39, 0.29) is 35.6 Å². The molecular formula is C26H24F2N4O2S. The Morgan fingerprint density at radius 2 is 1.97 bits per heavy atom. The Morgan fingerprint density at radius 3 is 2.74 bits per heavy atom. The number of rotatable bonds is 5. The summed E-state index contributed by atoms with van der Waals surface area (Å²) in [6.45, 7) is 2.94. The van der Waals surface area contributed by atoms with Crippen LogP contribution in [0.2, 0.25) is 0 Å². The second-order valence-corrected chi connectivity index (χ2v) is 9.72. The van der Waals surface area contributed by atoms with Crippen molar-refractivity contribution in [1.82, 2.24) is 9.55 Å². The summed E-state index contributed by atoms with van der Waals surface area (Å²) in [6.07, 6.45) is 1.42. The number of benzene rings is 2. The van der Waals surface area contributed by atoms with Crippen LogP contribution < -0.4 is 15.8 Å². The zero-order chi connectivity index (χ0) is 24.5. The standard InChI is InChI=1S/C26H24F2N4O2S/c1-16-4-9-20(13-21(16)28)29-24(33)18-3-2-11-31(15-18)26-30-22-10-12-35-23(22)25(34)32(26)14-17-5-7-19(27)8-6-17/h4-10,12-13,18H,2-3,11,14-15H2,1H3,(H,29,33). The molecule has 35 heavy (non-hydrogen) atoms. The SMILES string of the molecule is Cc1ccc(NC(=O)C2CCCN(c3nc4ccsc4c(=O)n3Cc3ccc(F)cc3)C2)cc1F. The van der Waals surface area contributed by atoms with E-state index in [2.05, 4.69) is 5.32 Å². The van der Waals surface area contributed by atoms with Crippen LogP contribution in [0.1, 0.15) is 24.0 Å². The topological polar surface area (TPSA) is 67.2 Å². The lowest BCUT2D eigenvalue weighted by Gasteiger charge is -2.34. The third-order valence-electron chi connectivity index (χ3n) is 6.31. The van der Waals surface area contributed by atoms with Crippen molar-refractivity contribution in [3.05, 3.63) is 87.0 Å². The molecule has 2 aromatic carbocycles. The summed E-state index contributed by atoms with van der Waals surface area (Å²) in [4.78, 5) is 33.1. The quantitative estimate of drug-likeness (QED) is 0.427. The van der Waals surface area contributed by atoms with E-state index in [1.807, 2.05) is 16.3 Å². The summed E-state index contributed by atoms with van der Waals surface area (Å²) in [6, 6.07) is 12.5. The van der Waals surface area contributed by atoms with Crippen molar-refractivity contribution in [3.63, 3.8) is 0 Å². The number of aryl methyl sites for hydroxylation is 1. The molecule has 9 heteroatoms. The number of amides is 1. The summed E-state index contributed by atoms with van der Waals surface area (Å²) in [7, 11) is 0. The molecule has 0 spiro atoms. The predicted octanol–water partition coefficient (Wildman–Crippen LogP) is 4.95. The number of nitrogens with zero attached hydrogens (tertiary/aromatic N) is 3. The molecule has 1 fully saturated rings. The maximum Gasteiger partial charge on any atom is 0.273 e. The van der Waals surface area contributed by atoms with Gasteiger partial charge < -0.3 is 10.2 Å². The van der Waals surface area contributed by atoms with Gasteiger partial charge in [-0.25, -0.2) is 13.8 Å². The van der Waals surface area contributed by atoms with Gasteiger partial charge >= 0.3 is 0 Å². The summed E-state index contributed by atoms with van der Waals surface area (Å²) in [5.41, 5.74) is 2.17. The fourth-order valence-electron chi connectivity index (χ4n) is 4.38. The van der Waals surface area contributed by atoms with Crippen molar-refractivity contribution < 1.29 is 13.6 Å². The average molecular weight is 495 g/mol. The number of aromatic nitrogens is 2. The largest absolute Gasteiger partial charge is 0.341 e. The Labute approximate surface area is 204 Å². The van der Waals surface area contributed by atoms with Gasteiger partial charge in [0.2, 0.25) is 11.9 Å². The van der Waals surface area contributed by atoms with Crippen molar-refractivity contribution in [2.45, 2.75) is 26.3 Å². The summed E-state index contributed by atoms with van der Waals surface area (Å²) in [5.74, 6) is -0.758. The molecule has 3 heterocycles. The lowest BCUT2D eigenvalue weighted by Crippen LogP contribution is -2.43. The molecule has 0 saturated carbocycles. The van der Waals surface area contributed by atoms with E-state index in [9.17, 15) is 18.4 Å². The van der Waals surface area contributed by atoms with E-state index in [1.54, 1.807) is 35.8 Å². The molecule has 180 valence electrons. The van der Waals surface area contributed by atoms with Gasteiger partial charge in [-0.1, -0.05) is 18.2 Å². The Bertz CT molecular complexity index is 1450. The van der Waals surface area contributed by atoms with Gasteiger partial charge in [0.15, 0.2) is 0 Å². The number of halogens is 2. The van der Waals surface area contributed by atoms with Gasteiger partial charge in [0, 0.05) is 18.8 Å². The maximum atomic E-state index is 13.9. The summed E-state index contributed by atoms with van der Waals surface area (Å²) >= 11 is 1.34. The van der Waals surface area contributed by atoms with Gasteiger partial charge in [0.1, 0.15) is 16.3 Å². The molecule has 0 aliphatic carbocycles. The van der Waals surface area contributed by atoms with Crippen molar-refractivity contribution in [2.75, 3.05) is 23.3 Å². The van der Waals surface area contributed by atoms with Crippen LogP contribution in [-0.2, 0) is 11.3 Å². The Balaban J connectivity index is 1.43. The van der Waals surface area contributed by atoms with Gasteiger partial charge in [-0.15, -0.1) is 11.3 Å². The molecule has 1 aliphatic rings. The van der Waals surface area contributed by atoms with Crippen LogP contribution in [0.5, 0.6) is 0 Å². The molecule has 2 aromatic heterocycles. The van der Waals surface area contributed by atoms with E-state index in [0.29, 0.717) is 46.9 Å². The van der Waals surface area contributed by atoms with E-state index in [0.717, 1.165) is 12.0 Å². The van der Waals surface area contributed by atoms with Crippen LogP contribution in [0.4, 0.5) is 20.4 Å². The van der Waals surface area contributed by atoms with E-state index in [1.165, 1.54) is 29.5 Å². The number of anilines is 2. The highest BCUT2D eigenvalue weighted by Crippen LogP contribution is 2.26. The zero-order valence-corrected chi connectivity index (χ0v) is 19.9. The highest BCUT2D eigenvalue weighted by atomic mass is 32.1.